The van der Waals surface area contributed by atoms with Crippen molar-refractivity contribution in [2.75, 3.05) is 13.3 Å². The number of carbonyl (C=O) groups is 1. The summed E-state index contributed by atoms with van der Waals surface area (Å²) in [5.74, 6) is -0.0954. The van der Waals surface area contributed by atoms with Gasteiger partial charge in [-0.1, -0.05) is 11.8 Å². The molecule has 1 atom stereocenters. The standard InChI is InChI=1S/C14H16N4OS/c1-10(11-4-6-15-7-5-11)18(2)13(19)12-8-16-14(20-3)17-9-12/h4-10H,1-3H3. The second-order valence-corrected chi connectivity index (χ2v) is 5.10. The van der Waals surface area contributed by atoms with E-state index in [0.29, 0.717) is 10.7 Å². The summed E-state index contributed by atoms with van der Waals surface area (Å²) in [7, 11) is 1.77. The van der Waals surface area contributed by atoms with E-state index in [2.05, 4.69) is 15.0 Å². The van der Waals surface area contributed by atoms with Crippen molar-refractivity contribution in [3.8, 4) is 0 Å². The summed E-state index contributed by atoms with van der Waals surface area (Å²) in [6.45, 7) is 1.98. The molecule has 2 aromatic heterocycles. The topological polar surface area (TPSA) is 59.0 Å². The van der Waals surface area contributed by atoms with Crippen molar-refractivity contribution in [3.63, 3.8) is 0 Å². The van der Waals surface area contributed by atoms with Crippen LogP contribution in [0.3, 0.4) is 0 Å². The lowest BCUT2D eigenvalue weighted by atomic mass is 10.1. The van der Waals surface area contributed by atoms with Crippen LogP contribution in [0.5, 0.6) is 0 Å². The van der Waals surface area contributed by atoms with Crippen LogP contribution in [0.2, 0.25) is 0 Å². The van der Waals surface area contributed by atoms with Gasteiger partial charge in [0.25, 0.3) is 5.91 Å². The van der Waals surface area contributed by atoms with Gasteiger partial charge in [0, 0.05) is 31.8 Å². The second kappa shape index (κ2) is 6.47. The number of carbonyl (C=O) groups excluding carboxylic acids is 1. The molecular weight excluding hydrogens is 272 g/mol. The fraction of sp³-hybridized carbons (Fsp3) is 0.286. The first-order chi connectivity index (χ1) is 9.63. The molecule has 2 heterocycles. The second-order valence-electron chi connectivity index (χ2n) is 4.33. The average molecular weight is 288 g/mol. The maximum Gasteiger partial charge on any atom is 0.257 e. The predicted octanol–water partition coefficient (Wildman–Crippen LogP) is 2.43. The largest absolute Gasteiger partial charge is 0.335 e. The molecule has 0 aliphatic heterocycles. The Hall–Kier alpha value is -1.95. The van der Waals surface area contributed by atoms with Crippen LogP contribution in [0.4, 0.5) is 0 Å². The Morgan fingerprint density at radius 2 is 1.85 bits per heavy atom. The molecule has 0 saturated heterocycles. The van der Waals surface area contributed by atoms with Crippen molar-refractivity contribution in [1.29, 1.82) is 0 Å². The first-order valence-electron chi connectivity index (χ1n) is 6.16. The highest BCUT2D eigenvalue weighted by Gasteiger charge is 2.19. The smallest absolute Gasteiger partial charge is 0.257 e. The van der Waals surface area contributed by atoms with E-state index in [-0.39, 0.29) is 11.9 Å². The molecule has 0 spiro atoms. The van der Waals surface area contributed by atoms with Gasteiger partial charge in [-0.2, -0.15) is 0 Å². The Morgan fingerprint density at radius 3 is 2.40 bits per heavy atom. The molecule has 104 valence electrons. The molecule has 0 N–H and O–H groups in total. The van der Waals surface area contributed by atoms with Crippen molar-refractivity contribution in [1.82, 2.24) is 19.9 Å². The lowest BCUT2D eigenvalue weighted by molar-refractivity contribution is 0.0741. The van der Waals surface area contributed by atoms with Crippen molar-refractivity contribution in [2.45, 2.75) is 18.1 Å². The monoisotopic (exact) mass is 288 g/mol. The highest BCUT2D eigenvalue weighted by Crippen LogP contribution is 2.19. The summed E-state index contributed by atoms with van der Waals surface area (Å²) in [6, 6.07) is 3.77. The van der Waals surface area contributed by atoms with Crippen LogP contribution < -0.4 is 0 Å². The van der Waals surface area contributed by atoms with E-state index in [9.17, 15) is 4.79 Å². The third-order valence-corrected chi connectivity index (χ3v) is 3.72. The molecule has 0 fully saturated rings. The van der Waals surface area contributed by atoms with Crippen molar-refractivity contribution >= 4 is 17.7 Å². The number of nitrogens with zero attached hydrogens (tertiary/aromatic N) is 4. The fourth-order valence-electron chi connectivity index (χ4n) is 1.78. The molecule has 1 unspecified atom stereocenters. The van der Waals surface area contributed by atoms with Gasteiger partial charge in [0.1, 0.15) is 0 Å². The SMILES string of the molecule is CSc1ncc(C(=O)N(C)C(C)c2ccncc2)cn1. The van der Waals surface area contributed by atoms with Crippen LogP contribution in [0.1, 0.15) is 28.9 Å². The van der Waals surface area contributed by atoms with Crippen molar-refractivity contribution < 1.29 is 4.79 Å². The zero-order chi connectivity index (χ0) is 14.5. The Kier molecular flexibility index (Phi) is 4.68. The van der Waals surface area contributed by atoms with Crippen molar-refractivity contribution in [2.24, 2.45) is 0 Å². The van der Waals surface area contributed by atoms with Gasteiger partial charge in [-0.15, -0.1) is 0 Å². The van der Waals surface area contributed by atoms with E-state index < -0.39 is 0 Å². The summed E-state index contributed by atoms with van der Waals surface area (Å²) in [5.41, 5.74) is 1.53. The van der Waals surface area contributed by atoms with E-state index in [1.807, 2.05) is 25.3 Å². The number of thioether (sulfide) groups is 1. The van der Waals surface area contributed by atoms with Gasteiger partial charge in [0.05, 0.1) is 11.6 Å². The maximum absolute atomic E-state index is 12.4. The third-order valence-electron chi connectivity index (χ3n) is 3.15. The lowest BCUT2D eigenvalue weighted by Crippen LogP contribution is -2.29. The zero-order valence-electron chi connectivity index (χ0n) is 11.6. The Labute approximate surface area is 122 Å². The lowest BCUT2D eigenvalue weighted by Gasteiger charge is -2.25. The number of pyridine rings is 1. The van der Waals surface area contributed by atoms with Gasteiger partial charge >= 0.3 is 0 Å². The molecule has 0 bridgehead atoms. The summed E-state index contributed by atoms with van der Waals surface area (Å²) in [5, 5.41) is 0.659. The molecule has 0 radical (unpaired) electrons. The number of aromatic nitrogens is 3. The molecular formula is C14H16N4OS. The van der Waals surface area contributed by atoms with Crippen LogP contribution >= 0.6 is 11.8 Å². The van der Waals surface area contributed by atoms with Crippen LogP contribution in [0.15, 0.2) is 42.1 Å². The summed E-state index contributed by atoms with van der Waals surface area (Å²) >= 11 is 1.45. The summed E-state index contributed by atoms with van der Waals surface area (Å²) in [6.07, 6.45) is 8.48. The number of hydrogen-bond donors (Lipinski definition) is 0. The molecule has 0 aliphatic rings. The van der Waals surface area contributed by atoms with E-state index in [1.165, 1.54) is 11.8 Å². The number of amides is 1. The molecule has 0 saturated carbocycles. The molecule has 0 aromatic carbocycles. The van der Waals surface area contributed by atoms with Gasteiger partial charge < -0.3 is 4.90 Å². The molecule has 0 aliphatic carbocycles. The Bertz CT molecular complexity index is 573. The molecule has 2 aromatic rings. The van der Waals surface area contributed by atoms with Crippen LogP contribution in [-0.4, -0.2) is 39.1 Å². The van der Waals surface area contributed by atoms with Crippen LogP contribution in [0.25, 0.3) is 0 Å². The Morgan fingerprint density at radius 1 is 1.25 bits per heavy atom. The van der Waals surface area contributed by atoms with Crippen LogP contribution in [0, 0.1) is 0 Å². The minimum absolute atomic E-state index is 0.0364. The normalized spacial score (nSPS) is 11.9. The maximum atomic E-state index is 12.4. The molecule has 1 amide bonds. The molecule has 2 rings (SSSR count). The average Bonchev–Trinajstić information content (AvgIpc) is 2.53. The van der Waals surface area contributed by atoms with Gasteiger partial charge in [0.2, 0.25) is 0 Å². The van der Waals surface area contributed by atoms with Gasteiger partial charge in [-0.25, -0.2) is 9.97 Å². The first-order valence-corrected chi connectivity index (χ1v) is 7.39. The summed E-state index contributed by atoms with van der Waals surface area (Å²) in [4.78, 5) is 26.3. The fourth-order valence-corrected chi connectivity index (χ4v) is 2.09. The quantitative estimate of drug-likeness (QED) is 0.639. The van der Waals surface area contributed by atoms with Gasteiger partial charge in [-0.3, -0.25) is 9.78 Å². The van der Waals surface area contributed by atoms with E-state index in [4.69, 9.17) is 0 Å². The minimum Gasteiger partial charge on any atom is -0.335 e. The van der Waals surface area contributed by atoms with Gasteiger partial charge in [0.15, 0.2) is 5.16 Å². The predicted molar refractivity (Wildman–Crippen MR) is 78.6 cm³/mol. The van der Waals surface area contributed by atoms with E-state index >= 15 is 0 Å². The number of hydrogen-bond acceptors (Lipinski definition) is 5. The highest BCUT2D eigenvalue weighted by molar-refractivity contribution is 7.98. The molecule has 6 heteroatoms. The van der Waals surface area contributed by atoms with E-state index in [1.54, 1.807) is 36.7 Å². The Balaban J connectivity index is 2.15. The van der Waals surface area contributed by atoms with Crippen LogP contribution in [-0.2, 0) is 0 Å². The minimum atomic E-state index is -0.0954. The molecule has 5 nitrogen and oxygen atoms in total. The summed E-state index contributed by atoms with van der Waals surface area (Å²) < 4.78 is 0. The third kappa shape index (κ3) is 3.14. The van der Waals surface area contributed by atoms with E-state index in [0.717, 1.165) is 5.56 Å². The highest BCUT2D eigenvalue weighted by atomic mass is 32.2. The van der Waals surface area contributed by atoms with Gasteiger partial charge in [-0.05, 0) is 30.9 Å². The zero-order valence-corrected chi connectivity index (χ0v) is 12.5. The van der Waals surface area contributed by atoms with Crippen molar-refractivity contribution in [3.05, 3.63) is 48.0 Å². The molecule has 20 heavy (non-hydrogen) atoms. The first kappa shape index (κ1) is 14.5. The number of rotatable bonds is 4.